The molecule has 0 heterocycles. The highest BCUT2D eigenvalue weighted by atomic mass is 13.6. The van der Waals surface area contributed by atoms with E-state index in [9.17, 15) is 0 Å². The molecule has 0 aromatic rings. The number of rotatable bonds is 1. The molecule has 0 radical (unpaired) electrons. The Kier molecular flexibility index (Phi) is 21.2. The third-order valence-electron chi connectivity index (χ3n) is 0.471. The van der Waals surface area contributed by atoms with Gasteiger partial charge in [-0.2, -0.15) is 0 Å². The fraction of sp³-hybridized carbons (Fsp3) is 0.750. The first-order chi connectivity index (χ1) is 3.83. The molecule has 50 valence electrons. The second-order valence-electron chi connectivity index (χ2n) is 1.68. The number of hydrogen-bond acceptors (Lipinski definition) is 0. The summed E-state index contributed by atoms with van der Waals surface area (Å²) in [6, 6.07) is 0. The van der Waals surface area contributed by atoms with E-state index in [0.717, 1.165) is 6.42 Å². The number of allylic oxidation sites excluding steroid dienone is 2. The van der Waals surface area contributed by atoms with Crippen molar-refractivity contribution >= 4 is 0 Å². The fourth-order valence-electron chi connectivity index (χ4n) is 0.236. The normalized spacial score (nSPS) is 8.50. The molecular formula is C8H18. The van der Waals surface area contributed by atoms with Crippen LogP contribution in [-0.2, 0) is 0 Å². The smallest absolute Gasteiger partial charge is 0.0379 e. The van der Waals surface area contributed by atoms with E-state index in [1.54, 1.807) is 0 Å². The van der Waals surface area contributed by atoms with Gasteiger partial charge in [-0.25, -0.2) is 0 Å². The molecule has 0 bridgehead atoms. The maximum atomic E-state index is 2.12. The first-order valence-electron chi connectivity index (χ1n) is 3.44. The van der Waals surface area contributed by atoms with Gasteiger partial charge in [0.15, 0.2) is 0 Å². The lowest BCUT2D eigenvalue weighted by atomic mass is 10.4. The van der Waals surface area contributed by atoms with Gasteiger partial charge in [0.05, 0.1) is 0 Å². The van der Waals surface area contributed by atoms with Gasteiger partial charge in [-0.05, 0) is 13.3 Å². The standard InChI is InChI=1S/C5H10.C3H8/c1-3-5-4-2;1-3-2/h3,5H,4H2,1-2H3;3H2,1-2H3/b5-3+;. The van der Waals surface area contributed by atoms with Crippen LogP contribution < -0.4 is 0 Å². The minimum atomic E-state index is 1.16. The van der Waals surface area contributed by atoms with E-state index in [1.807, 2.05) is 6.92 Å². The average molecular weight is 114 g/mol. The Bertz CT molecular complexity index is 35.3. The first-order valence-corrected chi connectivity index (χ1v) is 3.44. The Morgan fingerprint density at radius 1 is 1.12 bits per heavy atom. The monoisotopic (exact) mass is 114 g/mol. The summed E-state index contributed by atoms with van der Waals surface area (Å²) in [6.07, 6.45) is 6.59. The van der Waals surface area contributed by atoms with Crippen LogP contribution in [0.3, 0.4) is 0 Å². The molecule has 0 saturated heterocycles. The summed E-state index contributed by atoms with van der Waals surface area (Å²) in [5.41, 5.74) is 0. The zero-order valence-corrected chi connectivity index (χ0v) is 6.57. The van der Waals surface area contributed by atoms with Crippen LogP contribution in [0.4, 0.5) is 0 Å². The van der Waals surface area contributed by atoms with Crippen LogP contribution in [0.2, 0.25) is 0 Å². The van der Waals surface area contributed by atoms with Crippen LogP contribution in [0.1, 0.15) is 40.5 Å². The summed E-state index contributed by atoms with van der Waals surface area (Å²) in [5, 5.41) is 0. The molecule has 0 aliphatic rings. The van der Waals surface area contributed by atoms with Gasteiger partial charge in [0.2, 0.25) is 0 Å². The van der Waals surface area contributed by atoms with E-state index in [2.05, 4.69) is 32.9 Å². The molecule has 0 N–H and O–H groups in total. The molecule has 0 aromatic heterocycles. The largest absolute Gasteiger partial charge is 0.0917 e. The Balaban J connectivity index is 0. The van der Waals surface area contributed by atoms with E-state index < -0.39 is 0 Å². The summed E-state index contributed by atoms with van der Waals surface area (Å²) >= 11 is 0. The van der Waals surface area contributed by atoms with Crippen molar-refractivity contribution in [1.82, 2.24) is 0 Å². The predicted molar refractivity (Wildman–Crippen MR) is 41.1 cm³/mol. The lowest BCUT2D eigenvalue weighted by Crippen LogP contribution is -1.43. The van der Waals surface area contributed by atoms with Gasteiger partial charge in [-0.15, -0.1) is 0 Å². The molecule has 0 amide bonds. The predicted octanol–water partition coefficient (Wildman–Crippen LogP) is 3.39. The second-order valence-corrected chi connectivity index (χ2v) is 1.68. The van der Waals surface area contributed by atoms with Gasteiger partial charge in [0.1, 0.15) is 0 Å². The highest BCUT2D eigenvalue weighted by molar-refractivity contribution is 4.73. The molecule has 0 fully saturated rings. The van der Waals surface area contributed by atoms with Crippen molar-refractivity contribution < 1.29 is 0 Å². The van der Waals surface area contributed by atoms with Gasteiger partial charge in [0, 0.05) is 0 Å². The van der Waals surface area contributed by atoms with Gasteiger partial charge in [0.25, 0.3) is 0 Å². The van der Waals surface area contributed by atoms with Gasteiger partial charge in [-0.1, -0.05) is 39.3 Å². The fourth-order valence-corrected chi connectivity index (χ4v) is 0.236. The molecule has 0 aliphatic heterocycles. The van der Waals surface area contributed by atoms with Crippen molar-refractivity contribution in [3.8, 4) is 0 Å². The van der Waals surface area contributed by atoms with Crippen LogP contribution >= 0.6 is 0 Å². The molecular weight excluding hydrogens is 96.1 g/mol. The Morgan fingerprint density at radius 2 is 1.50 bits per heavy atom. The maximum absolute atomic E-state index is 2.12. The van der Waals surface area contributed by atoms with E-state index >= 15 is 0 Å². The van der Waals surface area contributed by atoms with Crippen LogP contribution in [0.15, 0.2) is 12.2 Å². The molecule has 0 atom stereocenters. The lowest BCUT2D eigenvalue weighted by molar-refractivity contribution is 1.09. The summed E-state index contributed by atoms with van der Waals surface area (Å²) in [6.45, 7) is 8.41. The average Bonchev–Trinajstić information content (AvgIpc) is 1.71. The Hall–Kier alpha value is -0.260. The topological polar surface area (TPSA) is 0 Å². The Labute approximate surface area is 53.6 Å². The Morgan fingerprint density at radius 3 is 1.50 bits per heavy atom. The molecule has 0 spiro atoms. The lowest BCUT2D eigenvalue weighted by Gasteiger charge is -1.65. The minimum Gasteiger partial charge on any atom is -0.0917 e. The van der Waals surface area contributed by atoms with E-state index in [4.69, 9.17) is 0 Å². The molecule has 0 rings (SSSR count). The third kappa shape index (κ3) is 42.6. The quantitative estimate of drug-likeness (QED) is 0.458. The maximum Gasteiger partial charge on any atom is -0.0379 e. The van der Waals surface area contributed by atoms with Crippen molar-refractivity contribution in [3.05, 3.63) is 12.2 Å². The SMILES string of the molecule is C/C=C/CC.CCC. The molecule has 0 aromatic carbocycles. The van der Waals surface area contributed by atoms with Crippen LogP contribution in [0, 0.1) is 0 Å². The molecule has 0 unspecified atom stereocenters. The van der Waals surface area contributed by atoms with Crippen molar-refractivity contribution in [2.45, 2.75) is 40.5 Å². The molecule has 0 saturated carbocycles. The molecule has 0 heteroatoms. The highest BCUT2D eigenvalue weighted by Gasteiger charge is 1.52. The summed E-state index contributed by atoms with van der Waals surface area (Å²) in [5.74, 6) is 0. The number of hydrogen-bond donors (Lipinski definition) is 0. The van der Waals surface area contributed by atoms with Gasteiger partial charge in [-0.3, -0.25) is 0 Å². The van der Waals surface area contributed by atoms with Crippen molar-refractivity contribution in [1.29, 1.82) is 0 Å². The molecule has 8 heavy (non-hydrogen) atoms. The van der Waals surface area contributed by atoms with Crippen LogP contribution in [0.25, 0.3) is 0 Å². The van der Waals surface area contributed by atoms with Crippen molar-refractivity contribution in [3.63, 3.8) is 0 Å². The first kappa shape index (κ1) is 10.7. The van der Waals surface area contributed by atoms with E-state index in [-0.39, 0.29) is 0 Å². The van der Waals surface area contributed by atoms with Gasteiger partial charge >= 0.3 is 0 Å². The van der Waals surface area contributed by atoms with E-state index in [0.29, 0.717) is 0 Å². The zero-order chi connectivity index (χ0) is 6.83. The zero-order valence-electron chi connectivity index (χ0n) is 6.57. The summed E-state index contributed by atoms with van der Waals surface area (Å²) in [7, 11) is 0. The minimum absolute atomic E-state index is 1.16. The molecule has 0 aliphatic carbocycles. The van der Waals surface area contributed by atoms with Gasteiger partial charge < -0.3 is 0 Å². The van der Waals surface area contributed by atoms with Crippen LogP contribution in [0.5, 0.6) is 0 Å². The van der Waals surface area contributed by atoms with E-state index in [1.165, 1.54) is 6.42 Å². The summed E-state index contributed by atoms with van der Waals surface area (Å²) in [4.78, 5) is 0. The highest BCUT2D eigenvalue weighted by Crippen LogP contribution is 1.73. The van der Waals surface area contributed by atoms with Crippen molar-refractivity contribution in [2.75, 3.05) is 0 Å². The second kappa shape index (κ2) is 15.9. The third-order valence-corrected chi connectivity index (χ3v) is 0.471. The van der Waals surface area contributed by atoms with Crippen LogP contribution in [-0.4, -0.2) is 0 Å². The molecule has 0 nitrogen and oxygen atoms in total. The summed E-state index contributed by atoms with van der Waals surface area (Å²) < 4.78 is 0. The van der Waals surface area contributed by atoms with Crippen molar-refractivity contribution in [2.24, 2.45) is 0 Å².